The molecule has 1 rings (SSSR count). The lowest BCUT2D eigenvalue weighted by Crippen LogP contribution is -2.39. The van der Waals surface area contributed by atoms with E-state index in [1.165, 1.54) is 0 Å². The van der Waals surface area contributed by atoms with Gasteiger partial charge >= 0.3 is 5.97 Å². The first-order valence-electron chi connectivity index (χ1n) is 6.65. The number of nitrogens with zero attached hydrogens (tertiary/aromatic N) is 1. The van der Waals surface area contributed by atoms with Crippen LogP contribution in [0.4, 0.5) is 0 Å². The number of benzene rings is 1. The molecule has 20 heavy (non-hydrogen) atoms. The summed E-state index contributed by atoms with van der Waals surface area (Å²) in [5, 5.41) is 2.62. The van der Waals surface area contributed by atoms with Gasteiger partial charge in [0.2, 0.25) is 0 Å². The number of carbonyl (C=O) groups is 2. The Morgan fingerprint density at radius 3 is 2.35 bits per heavy atom. The van der Waals surface area contributed by atoms with Crippen molar-refractivity contribution in [3.63, 3.8) is 0 Å². The quantitative estimate of drug-likeness (QED) is 0.800. The van der Waals surface area contributed by atoms with Crippen LogP contribution >= 0.6 is 0 Å². The zero-order valence-electron chi connectivity index (χ0n) is 12.5. The number of rotatable bonds is 6. The fourth-order valence-electron chi connectivity index (χ4n) is 1.73. The summed E-state index contributed by atoms with van der Waals surface area (Å²) >= 11 is 0. The highest BCUT2D eigenvalue weighted by atomic mass is 16.5. The molecule has 0 radical (unpaired) electrons. The zero-order chi connectivity index (χ0) is 15.1. The van der Waals surface area contributed by atoms with Crippen molar-refractivity contribution in [1.29, 1.82) is 0 Å². The first kappa shape index (κ1) is 16.2. The van der Waals surface area contributed by atoms with Crippen molar-refractivity contribution in [3.05, 3.63) is 35.4 Å². The predicted octanol–water partition coefficient (Wildman–Crippen LogP) is 1.43. The Labute approximate surface area is 119 Å². The molecule has 5 heteroatoms. The van der Waals surface area contributed by atoms with E-state index in [4.69, 9.17) is 4.74 Å². The number of amides is 1. The van der Waals surface area contributed by atoms with Crippen LogP contribution in [0.5, 0.6) is 0 Å². The molecular formula is C15H22N2O3. The lowest BCUT2D eigenvalue weighted by atomic mass is 10.1. The van der Waals surface area contributed by atoms with E-state index in [1.54, 1.807) is 26.0 Å². The second-order valence-electron chi connectivity index (χ2n) is 4.88. The molecule has 0 heterocycles. The summed E-state index contributed by atoms with van der Waals surface area (Å²) < 4.78 is 4.84. The zero-order valence-corrected chi connectivity index (χ0v) is 12.5. The number of carbonyl (C=O) groups excluding carboxylic acids is 2. The molecule has 1 aromatic rings. The highest BCUT2D eigenvalue weighted by Crippen LogP contribution is 2.06. The Hall–Kier alpha value is -1.88. The molecular weight excluding hydrogens is 256 g/mol. The molecule has 1 N–H and O–H groups in total. The maximum absolute atomic E-state index is 12.0. The Balaban J connectivity index is 2.61. The third-order valence-electron chi connectivity index (χ3n) is 2.70. The van der Waals surface area contributed by atoms with Crippen LogP contribution in [0.25, 0.3) is 0 Å². The van der Waals surface area contributed by atoms with Gasteiger partial charge < -0.3 is 15.0 Å². The molecule has 0 saturated heterocycles. The third-order valence-corrected chi connectivity index (χ3v) is 2.70. The largest absolute Gasteiger partial charge is 0.464 e. The van der Waals surface area contributed by atoms with Crippen LogP contribution in [-0.2, 0) is 16.1 Å². The lowest BCUT2D eigenvalue weighted by Gasteiger charge is -2.13. The topological polar surface area (TPSA) is 58.6 Å². The van der Waals surface area contributed by atoms with Crippen LogP contribution in [0.15, 0.2) is 24.3 Å². The molecule has 5 nitrogen and oxygen atoms in total. The molecule has 0 fully saturated rings. The van der Waals surface area contributed by atoms with E-state index in [-0.39, 0.29) is 5.91 Å². The second-order valence-corrected chi connectivity index (χ2v) is 4.88. The number of nitrogens with one attached hydrogen (secondary N) is 1. The molecule has 1 unspecified atom stereocenters. The number of ether oxygens (including phenoxy) is 1. The monoisotopic (exact) mass is 278 g/mol. The summed E-state index contributed by atoms with van der Waals surface area (Å²) in [5.74, 6) is -0.702. The highest BCUT2D eigenvalue weighted by molar-refractivity contribution is 5.96. The van der Waals surface area contributed by atoms with Crippen LogP contribution in [0.2, 0.25) is 0 Å². The van der Waals surface area contributed by atoms with Crippen LogP contribution in [0.3, 0.4) is 0 Å². The average molecular weight is 278 g/mol. The van der Waals surface area contributed by atoms with E-state index < -0.39 is 12.0 Å². The molecule has 0 aliphatic rings. The van der Waals surface area contributed by atoms with Gasteiger partial charge in [-0.3, -0.25) is 4.79 Å². The third kappa shape index (κ3) is 5.01. The van der Waals surface area contributed by atoms with Crippen LogP contribution in [-0.4, -0.2) is 43.5 Å². The molecule has 0 bridgehead atoms. The normalized spacial score (nSPS) is 12.1. The van der Waals surface area contributed by atoms with Crippen LogP contribution in [0, 0.1) is 0 Å². The first-order chi connectivity index (χ1) is 9.43. The Kier molecular flexibility index (Phi) is 6.18. The molecule has 1 amide bonds. The van der Waals surface area contributed by atoms with E-state index in [1.807, 2.05) is 26.2 Å². The summed E-state index contributed by atoms with van der Waals surface area (Å²) in [7, 11) is 3.98. The SMILES string of the molecule is CCOC(=O)C(C)NC(=O)c1ccc(CN(C)C)cc1. The Bertz CT molecular complexity index is 455. The minimum Gasteiger partial charge on any atom is -0.464 e. The summed E-state index contributed by atoms with van der Waals surface area (Å²) in [6.07, 6.45) is 0. The van der Waals surface area contributed by atoms with E-state index in [9.17, 15) is 9.59 Å². The van der Waals surface area contributed by atoms with Crippen molar-refractivity contribution in [2.24, 2.45) is 0 Å². The van der Waals surface area contributed by atoms with Crippen LogP contribution < -0.4 is 5.32 Å². The van der Waals surface area contributed by atoms with Gasteiger partial charge in [-0.1, -0.05) is 12.1 Å². The summed E-state index contributed by atoms with van der Waals surface area (Å²) in [6, 6.07) is 6.68. The standard InChI is InChI=1S/C15H22N2O3/c1-5-20-15(19)11(2)16-14(18)13-8-6-12(7-9-13)10-17(3)4/h6-9,11H,5,10H2,1-4H3,(H,16,18). The first-order valence-corrected chi connectivity index (χ1v) is 6.65. The van der Waals surface area contributed by atoms with Crippen molar-refractivity contribution in [1.82, 2.24) is 10.2 Å². The number of hydrogen-bond donors (Lipinski definition) is 1. The van der Waals surface area contributed by atoms with E-state index >= 15 is 0 Å². The highest BCUT2D eigenvalue weighted by Gasteiger charge is 2.17. The Morgan fingerprint density at radius 1 is 1.25 bits per heavy atom. The van der Waals surface area contributed by atoms with Crippen molar-refractivity contribution in [3.8, 4) is 0 Å². The van der Waals surface area contributed by atoms with Crippen molar-refractivity contribution in [2.45, 2.75) is 26.4 Å². The molecule has 0 spiro atoms. The van der Waals surface area contributed by atoms with E-state index in [2.05, 4.69) is 10.2 Å². The summed E-state index contributed by atoms with van der Waals surface area (Å²) in [4.78, 5) is 25.5. The molecule has 0 saturated carbocycles. The molecule has 110 valence electrons. The van der Waals surface area contributed by atoms with Gasteiger partial charge in [-0.2, -0.15) is 0 Å². The van der Waals surface area contributed by atoms with Crippen molar-refractivity contribution in [2.75, 3.05) is 20.7 Å². The van der Waals surface area contributed by atoms with Gasteiger partial charge in [-0.15, -0.1) is 0 Å². The summed E-state index contributed by atoms with van der Waals surface area (Å²) in [5.41, 5.74) is 1.66. The minimum atomic E-state index is -0.649. The summed E-state index contributed by atoms with van der Waals surface area (Å²) in [6.45, 7) is 4.46. The van der Waals surface area contributed by atoms with Gasteiger partial charge in [0.25, 0.3) is 5.91 Å². The molecule has 0 aromatic heterocycles. The van der Waals surface area contributed by atoms with E-state index in [0.29, 0.717) is 12.2 Å². The predicted molar refractivity (Wildman–Crippen MR) is 77.4 cm³/mol. The minimum absolute atomic E-state index is 0.276. The van der Waals surface area contributed by atoms with E-state index in [0.717, 1.165) is 12.1 Å². The molecule has 1 aromatic carbocycles. The average Bonchev–Trinajstić information content (AvgIpc) is 2.39. The van der Waals surface area contributed by atoms with Gasteiger partial charge in [0.05, 0.1) is 6.61 Å². The maximum Gasteiger partial charge on any atom is 0.328 e. The van der Waals surface area contributed by atoms with Gasteiger partial charge in [-0.25, -0.2) is 4.79 Å². The van der Waals surface area contributed by atoms with Gasteiger partial charge in [0, 0.05) is 12.1 Å². The second kappa shape index (κ2) is 7.65. The number of hydrogen-bond acceptors (Lipinski definition) is 4. The van der Waals surface area contributed by atoms with Crippen LogP contribution in [0.1, 0.15) is 29.8 Å². The maximum atomic E-state index is 12.0. The fourth-order valence-corrected chi connectivity index (χ4v) is 1.73. The smallest absolute Gasteiger partial charge is 0.328 e. The Morgan fingerprint density at radius 2 is 1.85 bits per heavy atom. The van der Waals surface area contributed by atoms with Crippen molar-refractivity contribution < 1.29 is 14.3 Å². The van der Waals surface area contributed by atoms with Gasteiger partial charge in [0.15, 0.2) is 0 Å². The lowest BCUT2D eigenvalue weighted by molar-refractivity contribution is -0.144. The molecule has 1 atom stereocenters. The van der Waals surface area contributed by atoms with Gasteiger partial charge in [-0.05, 0) is 45.6 Å². The fraction of sp³-hybridized carbons (Fsp3) is 0.467. The van der Waals surface area contributed by atoms with Crippen molar-refractivity contribution >= 4 is 11.9 Å². The number of esters is 1. The molecule has 0 aliphatic carbocycles. The molecule has 0 aliphatic heterocycles. The van der Waals surface area contributed by atoms with Gasteiger partial charge in [0.1, 0.15) is 6.04 Å².